The van der Waals surface area contributed by atoms with Gasteiger partial charge in [0.25, 0.3) is 0 Å². The fourth-order valence-corrected chi connectivity index (χ4v) is 5.78. The molecule has 0 saturated carbocycles. The summed E-state index contributed by atoms with van der Waals surface area (Å²) < 4.78 is 10.9. The molecule has 1 heterocycles. The quantitative estimate of drug-likeness (QED) is 0.245. The third kappa shape index (κ3) is 9.03. The van der Waals surface area contributed by atoms with Crippen LogP contribution in [0, 0.1) is 5.92 Å². The second kappa shape index (κ2) is 14.5. The molecule has 2 aromatic carbocycles. The lowest BCUT2D eigenvalue weighted by Gasteiger charge is -2.31. The van der Waals surface area contributed by atoms with E-state index in [2.05, 4.69) is 22.8 Å². The summed E-state index contributed by atoms with van der Waals surface area (Å²) in [6.45, 7) is 7.57. The molecule has 0 radical (unpaired) electrons. The number of nitrogens with zero attached hydrogens (tertiary/aromatic N) is 1. The van der Waals surface area contributed by atoms with Gasteiger partial charge in [0, 0.05) is 18.4 Å². The highest BCUT2D eigenvalue weighted by molar-refractivity contribution is 5.81. The molecule has 0 bridgehead atoms. The zero-order valence-corrected chi connectivity index (χ0v) is 25.3. The Kier molecular flexibility index (Phi) is 10.8. The number of carboxylic acids is 1. The number of piperidine rings is 1. The monoisotopic (exact) mass is 593 g/mol. The zero-order valence-electron chi connectivity index (χ0n) is 25.3. The van der Waals surface area contributed by atoms with Crippen LogP contribution in [0.1, 0.15) is 69.9 Å². The molecule has 1 unspecified atom stereocenters. The molecule has 0 aromatic heterocycles. The van der Waals surface area contributed by atoms with Gasteiger partial charge in [0.05, 0.1) is 6.54 Å². The number of ether oxygens (including phenoxy) is 2. The fourth-order valence-electron chi connectivity index (χ4n) is 5.78. The molecule has 1 atom stereocenters. The van der Waals surface area contributed by atoms with Crippen LogP contribution in [-0.4, -0.2) is 78.4 Å². The van der Waals surface area contributed by atoms with E-state index < -0.39 is 23.7 Å². The molecule has 10 nitrogen and oxygen atoms in total. The number of carboxylic acid groups (broad SMARTS) is 1. The minimum Gasteiger partial charge on any atom is -0.480 e. The third-order valence-electron chi connectivity index (χ3n) is 7.88. The van der Waals surface area contributed by atoms with Gasteiger partial charge in [-0.15, -0.1) is 0 Å². The standard InChI is InChI=1S/C33H43N3O7/c1-33(2,3)43-29(37)20-36-18-15-22(16-19-36)30(38)34-17-9-8-14-28(31(39)40)35-32(41)42-21-27-25-12-6-4-10-23(25)24-11-5-7-13-26(24)27/h4-7,10-13,22,27-28H,8-9,14-21H2,1-3H3,(H,34,38)(H,35,41)(H,39,40). The summed E-state index contributed by atoms with van der Waals surface area (Å²) in [5, 5.41) is 15.1. The largest absolute Gasteiger partial charge is 0.480 e. The van der Waals surface area contributed by atoms with Crippen molar-refractivity contribution in [2.45, 2.75) is 70.4 Å². The average Bonchev–Trinajstić information content (AvgIpc) is 3.28. The van der Waals surface area contributed by atoms with Crippen molar-refractivity contribution in [3.63, 3.8) is 0 Å². The number of fused-ring (bicyclic) bond motifs is 3. The van der Waals surface area contributed by atoms with Gasteiger partial charge >= 0.3 is 18.0 Å². The van der Waals surface area contributed by atoms with E-state index in [-0.39, 0.29) is 43.3 Å². The molecule has 4 rings (SSSR count). The lowest BCUT2D eigenvalue weighted by molar-refractivity contribution is -0.156. The minimum absolute atomic E-state index is 0.0246. The number of esters is 1. The third-order valence-corrected chi connectivity index (χ3v) is 7.88. The van der Waals surface area contributed by atoms with Crippen molar-refractivity contribution < 1.29 is 33.8 Å². The van der Waals surface area contributed by atoms with Gasteiger partial charge in [-0.05, 0) is 88.2 Å². The van der Waals surface area contributed by atoms with Crippen LogP contribution in [-0.2, 0) is 23.9 Å². The summed E-state index contributed by atoms with van der Waals surface area (Å²) in [6.07, 6.45) is 1.88. The SMILES string of the molecule is CC(C)(C)OC(=O)CN1CCC(C(=O)NCCCCC(NC(=O)OCC2c3ccccc3-c3ccccc32)C(=O)O)CC1. The smallest absolute Gasteiger partial charge is 0.407 e. The first-order valence-corrected chi connectivity index (χ1v) is 15.1. The number of rotatable bonds is 12. The Bertz CT molecular complexity index is 1250. The van der Waals surface area contributed by atoms with Crippen LogP contribution in [0.5, 0.6) is 0 Å². The molecule has 10 heteroatoms. The molecule has 1 fully saturated rings. The molecule has 2 aromatic rings. The van der Waals surface area contributed by atoms with Gasteiger partial charge in [0.15, 0.2) is 0 Å². The molecule has 3 N–H and O–H groups in total. The highest BCUT2D eigenvalue weighted by atomic mass is 16.6. The van der Waals surface area contributed by atoms with Gasteiger partial charge in [0.2, 0.25) is 5.91 Å². The predicted molar refractivity (Wildman–Crippen MR) is 161 cm³/mol. The zero-order chi connectivity index (χ0) is 31.0. The van der Waals surface area contributed by atoms with Crippen molar-refractivity contribution in [1.29, 1.82) is 0 Å². The first kappa shape index (κ1) is 32.0. The number of likely N-dealkylation sites (tertiary alicyclic amines) is 1. The number of aliphatic carboxylic acids is 1. The summed E-state index contributed by atoms with van der Waals surface area (Å²) >= 11 is 0. The Morgan fingerprint density at radius 3 is 2.14 bits per heavy atom. The molecule has 1 saturated heterocycles. The van der Waals surface area contributed by atoms with E-state index in [1.54, 1.807) is 0 Å². The molecule has 2 aliphatic rings. The Morgan fingerprint density at radius 2 is 1.56 bits per heavy atom. The fraction of sp³-hybridized carbons (Fsp3) is 0.515. The van der Waals surface area contributed by atoms with E-state index in [9.17, 15) is 24.3 Å². The average molecular weight is 594 g/mol. The van der Waals surface area contributed by atoms with Crippen molar-refractivity contribution in [3.05, 3.63) is 59.7 Å². The van der Waals surface area contributed by atoms with Crippen LogP contribution < -0.4 is 10.6 Å². The molecule has 43 heavy (non-hydrogen) atoms. The van der Waals surface area contributed by atoms with Gasteiger partial charge in [-0.3, -0.25) is 14.5 Å². The Balaban J connectivity index is 1.13. The normalized spacial score (nSPS) is 16.1. The molecule has 2 amide bonds. The van der Waals surface area contributed by atoms with Crippen LogP contribution in [0.25, 0.3) is 11.1 Å². The first-order valence-electron chi connectivity index (χ1n) is 15.1. The molecule has 1 aliphatic carbocycles. The number of amides is 2. The summed E-state index contributed by atoms with van der Waals surface area (Å²) in [4.78, 5) is 51.0. The Hall–Kier alpha value is -3.92. The second-order valence-corrected chi connectivity index (χ2v) is 12.3. The first-order chi connectivity index (χ1) is 20.5. The van der Waals surface area contributed by atoms with E-state index in [4.69, 9.17) is 9.47 Å². The maximum absolute atomic E-state index is 12.6. The van der Waals surface area contributed by atoms with Gasteiger partial charge < -0.3 is 25.2 Å². The topological polar surface area (TPSA) is 134 Å². The molecule has 232 valence electrons. The van der Waals surface area contributed by atoms with Crippen molar-refractivity contribution >= 4 is 23.9 Å². The molecular weight excluding hydrogens is 550 g/mol. The highest BCUT2D eigenvalue weighted by Gasteiger charge is 2.30. The molecule has 0 spiro atoms. The number of carbonyl (C=O) groups excluding carboxylic acids is 3. The van der Waals surface area contributed by atoms with Crippen LogP contribution in [0.4, 0.5) is 4.79 Å². The second-order valence-electron chi connectivity index (χ2n) is 12.3. The minimum atomic E-state index is -1.13. The Morgan fingerprint density at radius 1 is 0.953 bits per heavy atom. The lowest BCUT2D eigenvalue weighted by Crippen LogP contribution is -2.43. The van der Waals surface area contributed by atoms with Crippen molar-refractivity contribution in [2.75, 3.05) is 32.8 Å². The van der Waals surface area contributed by atoms with E-state index in [1.807, 2.05) is 62.1 Å². The van der Waals surface area contributed by atoms with Gasteiger partial charge in [0.1, 0.15) is 18.2 Å². The highest BCUT2D eigenvalue weighted by Crippen LogP contribution is 2.44. The number of hydrogen-bond donors (Lipinski definition) is 3. The van der Waals surface area contributed by atoms with E-state index in [1.165, 1.54) is 0 Å². The van der Waals surface area contributed by atoms with E-state index >= 15 is 0 Å². The van der Waals surface area contributed by atoms with Crippen LogP contribution in [0.15, 0.2) is 48.5 Å². The summed E-state index contributed by atoms with van der Waals surface area (Å²) in [5.74, 6) is -1.64. The van der Waals surface area contributed by atoms with Crippen molar-refractivity contribution in [3.8, 4) is 11.1 Å². The lowest BCUT2D eigenvalue weighted by atomic mass is 9.96. The van der Waals surface area contributed by atoms with E-state index in [0.717, 1.165) is 22.3 Å². The predicted octanol–water partition coefficient (Wildman–Crippen LogP) is 4.32. The number of nitrogens with one attached hydrogen (secondary N) is 2. The maximum atomic E-state index is 12.6. The molecular formula is C33H43N3O7. The number of alkyl carbamates (subject to hydrolysis) is 1. The van der Waals surface area contributed by atoms with Gasteiger partial charge in [-0.1, -0.05) is 48.5 Å². The van der Waals surface area contributed by atoms with Crippen LogP contribution in [0.3, 0.4) is 0 Å². The van der Waals surface area contributed by atoms with Gasteiger partial charge in [-0.25, -0.2) is 9.59 Å². The van der Waals surface area contributed by atoms with Crippen LogP contribution in [0.2, 0.25) is 0 Å². The van der Waals surface area contributed by atoms with Gasteiger partial charge in [-0.2, -0.15) is 0 Å². The van der Waals surface area contributed by atoms with Crippen LogP contribution >= 0.6 is 0 Å². The number of benzene rings is 2. The number of unbranched alkanes of at least 4 members (excludes halogenated alkanes) is 1. The number of carbonyl (C=O) groups is 4. The summed E-state index contributed by atoms with van der Waals surface area (Å²) in [6, 6.07) is 14.9. The van der Waals surface area contributed by atoms with Crippen molar-refractivity contribution in [1.82, 2.24) is 15.5 Å². The molecule has 1 aliphatic heterocycles. The maximum Gasteiger partial charge on any atom is 0.407 e. The Labute approximate surface area is 253 Å². The number of hydrogen-bond acceptors (Lipinski definition) is 7. The summed E-state index contributed by atoms with van der Waals surface area (Å²) in [5.41, 5.74) is 3.88. The summed E-state index contributed by atoms with van der Waals surface area (Å²) in [7, 11) is 0. The van der Waals surface area contributed by atoms with E-state index in [0.29, 0.717) is 45.3 Å². The van der Waals surface area contributed by atoms with Crippen molar-refractivity contribution in [2.24, 2.45) is 5.92 Å².